The molecule has 5 fully saturated rings. The lowest BCUT2D eigenvalue weighted by molar-refractivity contribution is -0.145. The third-order valence-corrected chi connectivity index (χ3v) is 10.7. The highest BCUT2D eigenvalue weighted by Gasteiger charge is 2.80. The van der Waals surface area contributed by atoms with E-state index < -0.39 is 0 Å². The molecular formula is C26H39NO3. The van der Waals surface area contributed by atoms with E-state index in [1.807, 2.05) is 12.5 Å². The van der Waals surface area contributed by atoms with Crippen LogP contribution in [0.15, 0.2) is 23.0 Å². The van der Waals surface area contributed by atoms with E-state index in [0.717, 1.165) is 37.3 Å². The predicted molar refractivity (Wildman–Crippen MR) is 116 cm³/mol. The summed E-state index contributed by atoms with van der Waals surface area (Å²) in [7, 11) is 0. The van der Waals surface area contributed by atoms with Crippen molar-refractivity contribution in [2.75, 3.05) is 13.2 Å². The monoisotopic (exact) mass is 413 g/mol. The zero-order valence-corrected chi connectivity index (χ0v) is 18.8. The molecule has 1 aromatic rings. The summed E-state index contributed by atoms with van der Waals surface area (Å²) in [5.41, 5.74) is 7.94. The Morgan fingerprint density at radius 1 is 1.10 bits per heavy atom. The number of rotatable bonds is 5. The third kappa shape index (κ3) is 2.50. The summed E-state index contributed by atoms with van der Waals surface area (Å²) >= 11 is 0. The van der Waals surface area contributed by atoms with Gasteiger partial charge in [0.2, 0.25) is 0 Å². The van der Waals surface area contributed by atoms with Gasteiger partial charge in [-0.3, -0.25) is 0 Å². The van der Waals surface area contributed by atoms with E-state index in [2.05, 4.69) is 19.9 Å². The van der Waals surface area contributed by atoms with Crippen molar-refractivity contribution in [3.05, 3.63) is 24.2 Å². The van der Waals surface area contributed by atoms with E-state index in [0.29, 0.717) is 23.5 Å². The molecule has 30 heavy (non-hydrogen) atoms. The van der Waals surface area contributed by atoms with Gasteiger partial charge in [-0.2, -0.15) is 0 Å². The number of ether oxygens (including phenoxy) is 2. The van der Waals surface area contributed by atoms with Crippen LogP contribution < -0.4 is 5.73 Å². The number of hydrogen-bond acceptors (Lipinski definition) is 4. The molecule has 4 heteroatoms. The third-order valence-electron chi connectivity index (χ3n) is 10.7. The van der Waals surface area contributed by atoms with Gasteiger partial charge in [-0.25, -0.2) is 0 Å². The lowest BCUT2D eigenvalue weighted by Gasteiger charge is -2.61. The molecule has 0 unspecified atom stereocenters. The molecule has 0 aromatic carbocycles. The summed E-state index contributed by atoms with van der Waals surface area (Å²) in [5.74, 6) is 2.99. The van der Waals surface area contributed by atoms with Crippen LogP contribution in [0.4, 0.5) is 0 Å². The molecule has 0 radical (unpaired) electrons. The van der Waals surface area contributed by atoms with Gasteiger partial charge >= 0.3 is 0 Å². The van der Waals surface area contributed by atoms with Crippen LogP contribution in [0.2, 0.25) is 0 Å². The van der Waals surface area contributed by atoms with Crippen molar-refractivity contribution in [1.82, 2.24) is 0 Å². The molecule has 4 aliphatic carbocycles. The second-order valence-corrected chi connectivity index (χ2v) is 11.6. The van der Waals surface area contributed by atoms with E-state index in [1.165, 1.54) is 56.9 Å². The Balaban J connectivity index is 1.23. The topological polar surface area (TPSA) is 60.9 Å². The first-order valence-electron chi connectivity index (χ1n) is 12.5. The van der Waals surface area contributed by atoms with Crippen molar-refractivity contribution < 1.29 is 13.9 Å². The first-order chi connectivity index (χ1) is 14.5. The second kappa shape index (κ2) is 6.83. The fraction of sp³-hybridized carbons (Fsp3) is 0.846. The van der Waals surface area contributed by atoms with Crippen LogP contribution in [0, 0.1) is 28.6 Å². The fourth-order valence-corrected chi connectivity index (χ4v) is 9.11. The Morgan fingerprint density at radius 3 is 2.80 bits per heavy atom. The maximum absolute atomic E-state index is 6.69. The molecule has 9 atom stereocenters. The minimum absolute atomic E-state index is 0.139. The van der Waals surface area contributed by atoms with Crippen LogP contribution >= 0.6 is 0 Å². The average Bonchev–Trinajstić information content (AvgIpc) is 3.09. The van der Waals surface area contributed by atoms with Gasteiger partial charge in [0.15, 0.2) is 0 Å². The molecule has 1 aromatic heterocycles. The fourth-order valence-electron chi connectivity index (χ4n) is 9.11. The smallest absolute Gasteiger partial charge is 0.104 e. The van der Waals surface area contributed by atoms with Crippen molar-refractivity contribution >= 4 is 0 Å². The zero-order valence-electron chi connectivity index (χ0n) is 18.8. The molecule has 1 aliphatic heterocycles. The van der Waals surface area contributed by atoms with Crippen molar-refractivity contribution in [1.29, 1.82) is 0 Å². The first-order valence-corrected chi connectivity index (χ1v) is 12.5. The standard InChI is InChI=1S/C26H39NO3/c1-24-9-6-19(29-12-3-11-27)14-18(24)4-5-21-20(24)7-10-25(2)22(17-8-13-28-16-17)15-23-26(21,25)30-23/h8,13,16,18-23H,3-7,9-12,14-15,27H2,1-2H3/t18-,19-,20+,21-,22-,23-,24+,25-,26-/m1/s1. The molecule has 4 nitrogen and oxygen atoms in total. The number of furan rings is 1. The summed E-state index contributed by atoms with van der Waals surface area (Å²) in [6.45, 7) is 6.75. The average molecular weight is 414 g/mol. The van der Waals surface area contributed by atoms with Gasteiger partial charge in [-0.15, -0.1) is 0 Å². The Kier molecular flexibility index (Phi) is 4.51. The largest absolute Gasteiger partial charge is 0.472 e. The lowest BCUT2D eigenvalue weighted by Crippen LogP contribution is -2.58. The van der Waals surface area contributed by atoms with Crippen LogP contribution in [0.1, 0.15) is 83.1 Å². The maximum Gasteiger partial charge on any atom is 0.104 e. The lowest BCUT2D eigenvalue weighted by atomic mass is 9.44. The van der Waals surface area contributed by atoms with Crippen molar-refractivity contribution in [3.8, 4) is 0 Å². The van der Waals surface area contributed by atoms with Gasteiger partial charge in [0.25, 0.3) is 0 Å². The molecule has 0 amide bonds. The highest BCUT2D eigenvalue weighted by molar-refractivity contribution is 5.35. The first kappa shape index (κ1) is 19.8. The number of hydrogen-bond donors (Lipinski definition) is 1. The molecule has 1 saturated heterocycles. The van der Waals surface area contributed by atoms with E-state index in [9.17, 15) is 0 Å². The molecule has 5 aliphatic rings. The summed E-state index contributed by atoms with van der Waals surface area (Å²) in [5, 5.41) is 0. The Morgan fingerprint density at radius 2 is 2.00 bits per heavy atom. The Labute approximate surface area is 181 Å². The Bertz CT molecular complexity index is 779. The highest BCUT2D eigenvalue weighted by Crippen LogP contribution is 2.78. The summed E-state index contributed by atoms with van der Waals surface area (Å²) < 4.78 is 18.4. The molecule has 2 N–H and O–H groups in total. The maximum atomic E-state index is 6.69. The zero-order chi connectivity index (χ0) is 20.6. The predicted octanol–water partition coefficient (Wildman–Crippen LogP) is 5.27. The second-order valence-electron chi connectivity index (χ2n) is 11.6. The van der Waals surface area contributed by atoms with Crippen molar-refractivity contribution in [3.63, 3.8) is 0 Å². The normalized spacial score (nSPS) is 51.6. The van der Waals surface area contributed by atoms with Crippen LogP contribution in [0.25, 0.3) is 0 Å². The molecule has 4 saturated carbocycles. The van der Waals surface area contributed by atoms with Gasteiger partial charge < -0.3 is 19.6 Å². The van der Waals surface area contributed by atoms with Gasteiger partial charge in [-0.05, 0) is 105 Å². The van der Waals surface area contributed by atoms with Crippen LogP contribution in [0.5, 0.6) is 0 Å². The van der Waals surface area contributed by atoms with Gasteiger partial charge in [0, 0.05) is 12.0 Å². The van der Waals surface area contributed by atoms with Crippen molar-refractivity contribution in [2.45, 2.75) is 95.4 Å². The number of nitrogens with two attached hydrogens (primary N) is 1. The minimum Gasteiger partial charge on any atom is -0.472 e. The van der Waals surface area contributed by atoms with E-state index >= 15 is 0 Å². The molecule has 0 bridgehead atoms. The quantitative estimate of drug-likeness (QED) is 0.527. The summed E-state index contributed by atoms with van der Waals surface area (Å²) in [4.78, 5) is 0. The molecule has 6 rings (SSSR count). The van der Waals surface area contributed by atoms with Gasteiger partial charge in [0.1, 0.15) is 5.60 Å². The van der Waals surface area contributed by atoms with Crippen LogP contribution in [0.3, 0.4) is 0 Å². The number of fused-ring (bicyclic) bond motifs is 3. The van der Waals surface area contributed by atoms with Crippen molar-refractivity contribution in [2.24, 2.45) is 34.3 Å². The summed E-state index contributed by atoms with van der Waals surface area (Å²) in [6, 6.07) is 2.20. The van der Waals surface area contributed by atoms with Crippen LogP contribution in [-0.4, -0.2) is 31.0 Å². The molecule has 166 valence electrons. The minimum atomic E-state index is 0.139. The SMILES string of the molecule is C[C@]12CC[C@@H](OCCCN)C[C@H]1CC[C@@H]1[C@@H]2CC[C@]2(C)[C@@H](c3ccoc3)C[C@H]3O[C@]132. The van der Waals surface area contributed by atoms with Gasteiger partial charge in [-0.1, -0.05) is 13.8 Å². The van der Waals surface area contributed by atoms with E-state index in [-0.39, 0.29) is 11.0 Å². The van der Waals surface area contributed by atoms with Crippen LogP contribution in [-0.2, 0) is 9.47 Å². The van der Waals surface area contributed by atoms with E-state index in [1.54, 1.807) is 0 Å². The molecule has 2 heterocycles. The highest BCUT2D eigenvalue weighted by atomic mass is 16.6. The Hall–Kier alpha value is -0.840. The van der Waals surface area contributed by atoms with E-state index in [4.69, 9.17) is 19.6 Å². The molecular weight excluding hydrogens is 374 g/mol. The molecule has 1 spiro atoms. The number of epoxide rings is 1. The summed E-state index contributed by atoms with van der Waals surface area (Å²) in [6.07, 6.45) is 16.2. The van der Waals surface area contributed by atoms with Gasteiger partial charge in [0.05, 0.1) is 24.7 Å².